The molecule has 5 nitrogen and oxygen atoms in total. The third kappa shape index (κ3) is 2.07. The minimum Gasteiger partial charge on any atom is -0.497 e. The van der Waals surface area contributed by atoms with Crippen LogP contribution in [-0.2, 0) is 16.1 Å². The summed E-state index contributed by atoms with van der Waals surface area (Å²) in [6.45, 7) is 2.33. The van der Waals surface area contributed by atoms with Crippen molar-refractivity contribution in [1.29, 1.82) is 0 Å². The molecule has 0 saturated carbocycles. The van der Waals surface area contributed by atoms with Crippen LogP contribution in [0, 0.1) is 0 Å². The highest BCUT2D eigenvalue weighted by atomic mass is 16.5. The Morgan fingerprint density at radius 2 is 2.15 bits per heavy atom. The summed E-state index contributed by atoms with van der Waals surface area (Å²) in [6.07, 6.45) is 0.843. The van der Waals surface area contributed by atoms with Crippen molar-refractivity contribution in [2.24, 2.45) is 0 Å². The number of ether oxygens (including phenoxy) is 2. The molecule has 2 saturated heterocycles. The fourth-order valence-electron chi connectivity index (χ4n) is 3.32. The molecule has 2 aliphatic heterocycles. The lowest BCUT2D eigenvalue weighted by atomic mass is 9.98. The number of rotatable bonds is 4. The summed E-state index contributed by atoms with van der Waals surface area (Å²) < 4.78 is 10.2. The van der Waals surface area contributed by atoms with Gasteiger partial charge in [-0.05, 0) is 24.1 Å². The van der Waals surface area contributed by atoms with E-state index in [1.807, 2.05) is 24.3 Å². The molecule has 5 heteroatoms. The number of carbonyl (C=O) groups excluding carboxylic acids is 1. The van der Waals surface area contributed by atoms with E-state index in [2.05, 4.69) is 10.2 Å². The van der Waals surface area contributed by atoms with E-state index in [-0.39, 0.29) is 5.97 Å². The largest absolute Gasteiger partial charge is 0.497 e. The van der Waals surface area contributed by atoms with Crippen LogP contribution in [0.2, 0.25) is 0 Å². The maximum atomic E-state index is 12.2. The number of hydrogen-bond donors (Lipinski definition) is 1. The molecule has 2 heterocycles. The first kappa shape index (κ1) is 13.4. The van der Waals surface area contributed by atoms with E-state index >= 15 is 0 Å². The fraction of sp³-hybridized carbons (Fsp3) is 0.533. The molecule has 2 atom stereocenters. The summed E-state index contributed by atoms with van der Waals surface area (Å²) in [5, 5.41) is 3.38. The second-order valence-electron chi connectivity index (χ2n) is 5.53. The number of carbonyl (C=O) groups is 1. The summed E-state index contributed by atoms with van der Waals surface area (Å²) in [6, 6.07) is 8.39. The van der Waals surface area contributed by atoms with Gasteiger partial charge in [0.2, 0.25) is 0 Å². The monoisotopic (exact) mass is 276 g/mol. The molecule has 20 heavy (non-hydrogen) atoms. The van der Waals surface area contributed by atoms with Gasteiger partial charge in [0.15, 0.2) is 0 Å². The van der Waals surface area contributed by atoms with Gasteiger partial charge < -0.3 is 14.8 Å². The van der Waals surface area contributed by atoms with Crippen molar-refractivity contribution in [3.8, 4) is 5.75 Å². The number of piperazine rings is 1. The minimum absolute atomic E-state index is 0.126. The average Bonchev–Trinajstić information content (AvgIpc) is 3.06. The SMILES string of the molecule is COC(=O)C12CNC(CN1Cc1ccc(OC)cc1)C2. The molecular formula is C15H20N2O3. The number of hydrogen-bond acceptors (Lipinski definition) is 5. The van der Waals surface area contributed by atoms with Crippen molar-refractivity contribution in [2.75, 3.05) is 27.3 Å². The molecule has 3 rings (SSSR count). The Morgan fingerprint density at radius 3 is 2.75 bits per heavy atom. The zero-order chi connectivity index (χ0) is 14.2. The smallest absolute Gasteiger partial charge is 0.327 e. The first-order chi connectivity index (χ1) is 9.68. The summed E-state index contributed by atoms with van der Waals surface area (Å²) in [4.78, 5) is 14.4. The normalized spacial score (nSPS) is 28.6. The third-order valence-electron chi connectivity index (χ3n) is 4.41. The minimum atomic E-state index is -0.487. The van der Waals surface area contributed by atoms with Gasteiger partial charge in [0.25, 0.3) is 0 Å². The highest BCUT2D eigenvalue weighted by Crippen LogP contribution is 2.36. The second kappa shape index (κ2) is 5.07. The topological polar surface area (TPSA) is 50.8 Å². The molecule has 2 unspecified atom stereocenters. The Bertz CT molecular complexity index is 502. The highest BCUT2D eigenvalue weighted by molar-refractivity contribution is 5.82. The number of likely N-dealkylation sites (tertiary alicyclic amines) is 1. The van der Waals surface area contributed by atoms with Gasteiger partial charge in [-0.25, -0.2) is 4.79 Å². The van der Waals surface area contributed by atoms with E-state index in [0.717, 1.165) is 25.3 Å². The average molecular weight is 276 g/mol. The Morgan fingerprint density at radius 1 is 1.40 bits per heavy atom. The predicted octanol–water partition coefficient (Wildman–Crippen LogP) is 0.784. The number of nitrogens with zero attached hydrogens (tertiary/aromatic N) is 1. The van der Waals surface area contributed by atoms with Crippen LogP contribution in [0.3, 0.4) is 0 Å². The Hall–Kier alpha value is -1.59. The van der Waals surface area contributed by atoms with Crippen molar-refractivity contribution in [2.45, 2.75) is 24.5 Å². The first-order valence-electron chi connectivity index (χ1n) is 6.88. The molecule has 2 fully saturated rings. The number of fused-ring (bicyclic) bond motifs is 2. The second-order valence-corrected chi connectivity index (χ2v) is 5.53. The van der Waals surface area contributed by atoms with Crippen molar-refractivity contribution in [3.05, 3.63) is 29.8 Å². The van der Waals surface area contributed by atoms with E-state index in [1.54, 1.807) is 7.11 Å². The number of benzene rings is 1. The molecule has 1 N–H and O–H groups in total. The van der Waals surface area contributed by atoms with Crippen LogP contribution in [0.1, 0.15) is 12.0 Å². The Labute approximate surface area is 118 Å². The summed E-state index contributed by atoms with van der Waals surface area (Å²) >= 11 is 0. The zero-order valence-corrected chi connectivity index (χ0v) is 11.9. The molecule has 0 radical (unpaired) electrons. The van der Waals surface area contributed by atoms with Gasteiger partial charge in [-0.15, -0.1) is 0 Å². The molecule has 0 spiro atoms. The lowest BCUT2D eigenvalue weighted by molar-refractivity contribution is -0.153. The first-order valence-corrected chi connectivity index (χ1v) is 6.88. The number of methoxy groups -OCH3 is 2. The van der Waals surface area contributed by atoms with Crippen molar-refractivity contribution in [1.82, 2.24) is 10.2 Å². The molecular weight excluding hydrogens is 256 g/mol. The lowest BCUT2D eigenvalue weighted by Crippen LogP contribution is -2.57. The van der Waals surface area contributed by atoms with Crippen molar-refractivity contribution < 1.29 is 14.3 Å². The van der Waals surface area contributed by atoms with E-state index < -0.39 is 5.54 Å². The number of nitrogens with one attached hydrogen (secondary N) is 1. The summed E-state index contributed by atoms with van der Waals surface area (Å²) in [5.41, 5.74) is 0.695. The van der Waals surface area contributed by atoms with E-state index in [9.17, 15) is 4.79 Å². The fourth-order valence-corrected chi connectivity index (χ4v) is 3.32. The standard InChI is InChI=1S/C15H20N2O3/c1-19-13-5-3-11(4-6-13)8-17-9-12-7-15(17,10-16-12)14(18)20-2/h3-6,12,16H,7-10H2,1-2H3. The van der Waals surface area contributed by atoms with Gasteiger partial charge in [-0.2, -0.15) is 0 Å². The van der Waals surface area contributed by atoms with Crippen LogP contribution in [0.4, 0.5) is 0 Å². The Kier molecular flexibility index (Phi) is 3.40. The summed E-state index contributed by atoms with van der Waals surface area (Å²) in [5.74, 6) is 0.722. The molecule has 108 valence electrons. The quantitative estimate of drug-likeness (QED) is 0.824. The molecule has 2 aliphatic rings. The van der Waals surface area contributed by atoms with E-state index in [4.69, 9.17) is 9.47 Å². The predicted molar refractivity (Wildman–Crippen MR) is 74.6 cm³/mol. The third-order valence-corrected chi connectivity index (χ3v) is 4.41. The number of esters is 1. The van der Waals surface area contributed by atoms with Gasteiger partial charge in [0.05, 0.1) is 14.2 Å². The van der Waals surface area contributed by atoms with Crippen molar-refractivity contribution >= 4 is 5.97 Å². The van der Waals surface area contributed by atoms with Crippen LogP contribution in [0.5, 0.6) is 5.75 Å². The van der Waals surface area contributed by atoms with E-state index in [0.29, 0.717) is 12.6 Å². The molecule has 0 aromatic heterocycles. The molecule has 1 aromatic carbocycles. The van der Waals surface area contributed by atoms with Crippen molar-refractivity contribution in [3.63, 3.8) is 0 Å². The molecule has 1 aromatic rings. The maximum absolute atomic E-state index is 12.2. The summed E-state index contributed by atoms with van der Waals surface area (Å²) in [7, 11) is 3.13. The van der Waals surface area contributed by atoms with Crippen LogP contribution in [0.15, 0.2) is 24.3 Å². The zero-order valence-electron chi connectivity index (χ0n) is 11.9. The van der Waals surface area contributed by atoms with Crippen LogP contribution >= 0.6 is 0 Å². The van der Waals surface area contributed by atoms with Crippen LogP contribution < -0.4 is 10.1 Å². The van der Waals surface area contributed by atoms with Gasteiger partial charge in [0, 0.05) is 25.7 Å². The van der Waals surface area contributed by atoms with Gasteiger partial charge in [0.1, 0.15) is 11.3 Å². The molecule has 0 amide bonds. The van der Waals surface area contributed by atoms with E-state index in [1.165, 1.54) is 12.7 Å². The van der Waals surface area contributed by atoms with Crippen LogP contribution in [0.25, 0.3) is 0 Å². The lowest BCUT2D eigenvalue weighted by Gasteiger charge is -2.36. The van der Waals surface area contributed by atoms with Gasteiger partial charge in [-0.3, -0.25) is 4.90 Å². The van der Waals surface area contributed by atoms with Crippen LogP contribution in [-0.4, -0.2) is 49.8 Å². The molecule has 2 bridgehead atoms. The Balaban J connectivity index is 1.77. The van der Waals surface area contributed by atoms with Gasteiger partial charge >= 0.3 is 5.97 Å². The molecule has 0 aliphatic carbocycles. The highest BCUT2D eigenvalue weighted by Gasteiger charge is 2.56. The van der Waals surface area contributed by atoms with Gasteiger partial charge in [-0.1, -0.05) is 12.1 Å². The maximum Gasteiger partial charge on any atom is 0.327 e.